The molecule has 0 saturated heterocycles. The van der Waals surface area contributed by atoms with Crippen LogP contribution >= 0.6 is 11.3 Å². The molecule has 162 valence electrons. The van der Waals surface area contributed by atoms with Gasteiger partial charge in [0.2, 0.25) is 15.9 Å². The summed E-state index contributed by atoms with van der Waals surface area (Å²) in [6.45, 7) is 5.42. The van der Waals surface area contributed by atoms with E-state index in [2.05, 4.69) is 20.0 Å². The Morgan fingerprint density at radius 1 is 1.13 bits per heavy atom. The zero-order valence-electron chi connectivity index (χ0n) is 17.5. The number of aromatic nitrogens is 2. The fourth-order valence-electron chi connectivity index (χ4n) is 3.28. The van der Waals surface area contributed by atoms with Gasteiger partial charge >= 0.3 is 0 Å². The first kappa shape index (κ1) is 21.5. The van der Waals surface area contributed by atoms with Crippen LogP contribution in [0.2, 0.25) is 0 Å². The number of benzene rings is 1. The standard InChI is InChI=1S/C22H24N4O3S2/c1-14-19(25-21(30-14)26-31(28,29)18-10-11-18)22(2,3)20(27)24-17-8-6-15(7-9-17)16-5-4-12-23-13-16/h4-9,12-13,18H,10-11H2,1-3H3,(H,24,27)(H,25,26). The number of nitrogens with zero attached hydrogens (tertiary/aromatic N) is 2. The van der Waals surface area contributed by atoms with Gasteiger partial charge in [-0.25, -0.2) is 13.4 Å². The number of amides is 1. The van der Waals surface area contributed by atoms with Gasteiger partial charge in [-0.05, 0) is 62.9 Å². The highest BCUT2D eigenvalue weighted by atomic mass is 32.2. The Balaban J connectivity index is 1.49. The third-order valence-corrected chi connectivity index (χ3v) is 8.13. The number of anilines is 2. The van der Waals surface area contributed by atoms with Crippen molar-refractivity contribution in [1.82, 2.24) is 9.97 Å². The predicted octanol–water partition coefficient (Wildman–Crippen LogP) is 4.33. The monoisotopic (exact) mass is 456 g/mol. The molecule has 1 fully saturated rings. The fourth-order valence-corrected chi connectivity index (χ4v) is 5.83. The lowest BCUT2D eigenvalue weighted by Gasteiger charge is -2.22. The van der Waals surface area contributed by atoms with Crippen LogP contribution in [0.5, 0.6) is 0 Å². The number of pyridine rings is 1. The van der Waals surface area contributed by atoms with Gasteiger partial charge in [0.15, 0.2) is 5.13 Å². The van der Waals surface area contributed by atoms with E-state index in [9.17, 15) is 13.2 Å². The van der Waals surface area contributed by atoms with E-state index in [1.54, 1.807) is 26.2 Å². The normalized spacial score (nSPS) is 14.3. The first-order valence-electron chi connectivity index (χ1n) is 9.98. The first-order chi connectivity index (χ1) is 14.7. The molecular weight excluding hydrogens is 432 g/mol. The smallest absolute Gasteiger partial charge is 0.237 e. The van der Waals surface area contributed by atoms with Crippen molar-refractivity contribution in [1.29, 1.82) is 0 Å². The molecule has 2 aromatic heterocycles. The fraction of sp³-hybridized carbons (Fsp3) is 0.318. The lowest BCUT2D eigenvalue weighted by atomic mass is 9.87. The van der Waals surface area contributed by atoms with Gasteiger partial charge in [0, 0.05) is 23.0 Å². The molecule has 1 aliphatic carbocycles. The Hall–Kier alpha value is -2.78. The molecule has 0 unspecified atom stereocenters. The van der Waals surface area contributed by atoms with E-state index in [0.717, 1.165) is 16.0 Å². The van der Waals surface area contributed by atoms with Crippen LogP contribution < -0.4 is 10.0 Å². The lowest BCUT2D eigenvalue weighted by molar-refractivity contribution is -0.120. The Labute approximate surface area is 186 Å². The van der Waals surface area contributed by atoms with Gasteiger partial charge in [-0.3, -0.25) is 14.5 Å². The van der Waals surface area contributed by atoms with Crippen LogP contribution in [0.4, 0.5) is 10.8 Å². The zero-order chi connectivity index (χ0) is 22.2. The summed E-state index contributed by atoms with van der Waals surface area (Å²) in [7, 11) is -3.39. The molecule has 2 heterocycles. The predicted molar refractivity (Wildman–Crippen MR) is 124 cm³/mol. The summed E-state index contributed by atoms with van der Waals surface area (Å²) in [6, 6.07) is 11.4. The molecular formula is C22H24N4O3S2. The quantitative estimate of drug-likeness (QED) is 0.551. The van der Waals surface area contributed by atoms with E-state index in [1.165, 1.54) is 11.3 Å². The summed E-state index contributed by atoms with van der Waals surface area (Å²) in [6.07, 6.45) is 4.87. The summed E-state index contributed by atoms with van der Waals surface area (Å²) in [5.74, 6) is -0.216. The van der Waals surface area contributed by atoms with Crippen LogP contribution in [0.15, 0.2) is 48.8 Å². The third kappa shape index (κ3) is 4.62. The van der Waals surface area contributed by atoms with Crippen molar-refractivity contribution in [3.8, 4) is 11.1 Å². The number of hydrogen-bond acceptors (Lipinski definition) is 6. The minimum Gasteiger partial charge on any atom is -0.325 e. The Morgan fingerprint density at radius 3 is 2.45 bits per heavy atom. The van der Waals surface area contributed by atoms with Crippen LogP contribution in [-0.4, -0.2) is 29.5 Å². The Morgan fingerprint density at radius 2 is 1.84 bits per heavy atom. The minimum absolute atomic E-state index is 0.216. The van der Waals surface area contributed by atoms with Gasteiger partial charge in [0.25, 0.3) is 0 Å². The second-order valence-corrected chi connectivity index (χ2v) is 11.3. The van der Waals surface area contributed by atoms with Gasteiger partial charge in [-0.15, -0.1) is 11.3 Å². The van der Waals surface area contributed by atoms with Crippen molar-refractivity contribution in [2.75, 3.05) is 10.0 Å². The number of carbonyl (C=O) groups is 1. The average molecular weight is 457 g/mol. The molecule has 31 heavy (non-hydrogen) atoms. The molecule has 0 radical (unpaired) electrons. The van der Waals surface area contributed by atoms with Crippen molar-refractivity contribution in [3.63, 3.8) is 0 Å². The summed E-state index contributed by atoms with van der Waals surface area (Å²) < 4.78 is 27.0. The van der Waals surface area contributed by atoms with Crippen molar-refractivity contribution in [2.24, 2.45) is 0 Å². The summed E-state index contributed by atoms with van der Waals surface area (Å²) in [4.78, 5) is 22.4. The van der Waals surface area contributed by atoms with Crippen LogP contribution in [0, 0.1) is 6.92 Å². The molecule has 4 rings (SSSR count). The van der Waals surface area contributed by atoms with E-state index in [1.807, 2.05) is 43.3 Å². The molecule has 9 heteroatoms. The van der Waals surface area contributed by atoms with Crippen LogP contribution in [-0.2, 0) is 20.2 Å². The van der Waals surface area contributed by atoms with Gasteiger partial charge < -0.3 is 5.32 Å². The highest BCUT2D eigenvalue weighted by Gasteiger charge is 2.38. The second kappa shape index (κ2) is 8.05. The number of hydrogen-bond donors (Lipinski definition) is 2. The topological polar surface area (TPSA) is 101 Å². The molecule has 0 aliphatic heterocycles. The largest absolute Gasteiger partial charge is 0.325 e. The summed E-state index contributed by atoms with van der Waals surface area (Å²) in [5, 5.41) is 2.92. The SMILES string of the molecule is Cc1sc(NS(=O)(=O)C2CC2)nc1C(C)(C)C(=O)Nc1ccc(-c2cccnc2)cc1. The summed E-state index contributed by atoms with van der Waals surface area (Å²) >= 11 is 1.25. The number of carbonyl (C=O) groups excluding carboxylic acids is 1. The molecule has 7 nitrogen and oxygen atoms in total. The van der Waals surface area contributed by atoms with Crippen molar-refractivity contribution in [3.05, 3.63) is 59.4 Å². The van der Waals surface area contributed by atoms with Gasteiger partial charge in [0.05, 0.1) is 16.4 Å². The molecule has 1 amide bonds. The number of nitrogens with one attached hydrogen (secondary N) is 2. The lowest BCUT2D eigenvalue weighted by Crippen LogP contribution is -2.35. The third-order valence-electron chi connectivity index (χ3n) is 5.29. The van der Waals surface area contributed by atoms with E-state index in [-0.39, 0.29) is 11.2 Å². The highest BCUT2D eigenvalue weighted by molar-refractivity contribution is 7.93. The van der Waals surface area contributed by atoms with Gasteiger partial charge in [0.1, 0.15) is 0 Å². The van der Waals surface area contributed by atoms with Crippen LogP contribution in [0.25, 0.3) is 11.1 Å². The molecule has 0 bridgehead atoms. The average Bonchev–Trinajstić information content (AvgIpc) is 3.53. The molecule has 1 aliphatic rings. The van der Waals surface area contributed by atoms with Gasteiger partial charge in [-0.1, -0.05) is 18.2 Å². The van der Waals surface area contributed by atoms with Gasteiger partial charge in [-0.2, -0.15) is 0 Å². The molecule has 0 atom stereocenters. The zero-order valence-corrected chi connectivity index (χ0v) is 19.2. The second-order valence-electron chi connectivity index (χ2n) is 8.17. The van der Waals surface area contributed by atoms with Crippen molar-refractivity contribution >= 4 is 38.1 Å². The number of rotatable bonds is 7. The highest BCUT2D eigenvalue weighted by Crippen LogP contribution is 2.35. The number of thiazole rings is 1. The van der Waals surface area contributed by atoms with Crippen LogP contribution in [0.1, 0.15) is 37.3 Å². The summed E-state index contributed by atoms with van der Waals surface area (Å²) in [5.41, 5.74) is 2.31. The molecule has 1 saturated carbocycles. The van der Waals surface area contributed by atoms with E-state index in [0.29, 0.717) is 29.4 Å². The first-order valence-corrected chi connectivity index (χ1v) is 12.3. The number of aryl methyl sites for hydroxylation is 1. The van der Waals surface area contributed by atoms with Crippen molar-refractivity contribution in [2.45, 2.75) is 44.3 Å². The molecule has 0 spiro atoms. The van der Waals surface area contributed by atoms with Crippen molar-refractivity contribution < 1.29 is 13.2 Å². The maximum Gasteiger partial charge on any atom is 0.237 e. The Bertz CT molecular complexity index is 1200. The molecule has 2 N–H and O–H groups in total. The van der Waals surface area contributed by atoms with E-state index >= 15 is 0 Å². The van der Waals surface area contributed by atoms with E-state index in [4.69, 9.17) is 0 Å². The molecule has 1 aromatic carbocycles. The van der Waals surface area contributed by atoms with E-state index < -0.39 is 15.4 Å². The van der Waals surface area contributed by atoms with Crippen LogP contribution in [0.3, 0.4) is 0 Å². The minimum atomic E-state index is -3.39. The molecule has 3 aromatic rings. The maximum absolute atomic E-state index is 13.1. The Kier molecular flexibility index (Phi) is 5.57. The number of sulfonamides is 1. The maximum atomic E-state index is 13.1.